The average Bonchev–Trinajstić information content (AvgIpc) is 2.89. The van der Waals surface area contributed by atoms with Crippen molar-refractivity contribution in [2.45, 2.75) is 71.3 Å². The molecule has 0 aromatic rings. The maximum Gasteiger partial charge on any atom is 0.152 e. The van der Waals surface area contributed by atoms with Crippen LogP contribution in [0.3, 0.4) is 0 Å². The molecule has 0 amide bonds. The van der Waals surface area contributed by atoms with Crippen LogP contribution in [-0.4, -0.2) is 30.7 Å². The Hall–Kier alpha value is -1.16. The summed E-state index contributed by atoms with van der Waals surface area (Å²) >= 11 is 0. The summed E-state index contributed by atoms with van der Waals surface area (Å²) in [6.45, 7) is 6.62. The summed E-state index contributed by atoms with van der Waals surface area (Å²) in [4.78, 5) is 18.2. The molecule has 0 aromatic heterocycles. The van der Waals surface area contributed by atoms with Crippen molar-refractivity contribution in [2.24, 2.45) is 33.7 Å². The normalized spacial score (nSPS) is 46.8. The smallest absolute Gasteiger partial charge is 0.152 e. The van der Waals surface area contributed by atoms with E-state index < -0.39 is 0 Å². The van der Waals surface area contributed by atoms with Gasteiger partial charge in [-0.1, -0.05) is 24.6 Å². The predicted molar refractivity (Wildman–Crippen MR) is 102 cm³/mol. The van der Waals surface area contributed by atoms with Gasteiger partial charge >= 0.3 is 0 Å². The number of rotatable bonds is 2. The molecule has 5 rings (SSSR count). The number of carbonyl (C=O) groups excluding carboxylic acids is 1. The number of nitrogens with zero attached hydrogens (tertiary/aromatic N) is 1. The Morgan fingerprint density at radius 1 is 1.04 bits per heavy atom. The largest absolute Gasteiger partial charge is 0.390 e. The highest BCUT2D eigenvalue weighted by molar-refractivity contribution is 5.96. The van der Waals surface area contributed by atoms with Crippen LogP contribution in [0.1, 0.15) is 65.2 Å². The highest BCUT2D eigenvalue weighted by Crippen LogP contribution is 2.64. The van der Waals surface area contributed by atoms with Gasteiger partial charge < -0.3 is 10.2 Å². The van der Waals surface area contributed by atoms with Crippen LogP contribution in [0.2, 0.25) is 0 Å². The molecule has 5 atom stereocenters. The molecule has 4 aliphatic carbocycles. The van der Waals surface area contributed by atoms with Gasteiger partial charge in [-0.05, 0) is 74.2 Å². The minimum absolute atomic E-state index is 0.00925. The van der Waals surface area contributed by atoms with E-state index in [1.165, 1.54) is 25.7 Å². The van der Waals surface area contributed by atoms with E-state index in [2.05, 4.69) is 30.4 Å². The lowest BCUT2D eigenvalue weighted by Gasteiger charge is -2.57. The third kappa shape index (κ3) is 2.37. The van der Waals surface area contributed by atoms with Crippen LogP contribution in [0.5, 0.6) is 0 Å². The van der Waals surface area contributed by atoms with Crippen molar-refractivity contribution in [3.8, 4) is 0 Å². The summed E-state index contributed by atoms with van der Waals surface area (Å²) in [5, 5.41) is 7.68. The van der Waals surface area contributed by atoms with Gasteiger partial charge in [-0.2, -0.15) is 0 Å². The summed E-state index contributed by atoms with van der Waals surface area (Å²) in [5.74, 6) is 2.69. The van der Waals surface area contributed by atoms with E-state index in [1.807, 2.05) is 0 Å². The zero-order chi connectivity index (χ0) is 17.9. The van der Waals surface area contributed by atoms with Crippen molar-refractivity contribution in [1.29, 1.82) is 0 Å². The zero-order valence-corrected chi connectivity index (χ0v) is 16.2. The molecule has 1 heterocycles. The fraction of sp³-hybridized carbons (Fsp3) is 0.818. The summed E-state index contributed by atoms with van der Waals surface area (Å²) in [6.07, 6.45) is 11.6. The molecule has 26 heavy (non-hydrogen) atoms. The van der Waals surface area contributed by atoms with Gasteiger partial charge in [0.2, 0.25) is 0 Å². The average molecular weight is 357 g/mol. The Balaban J connectivity index is 1.38. The molecule has 0 bridgehead atoms. The fourth-order valence-corrected chi connectivity index (χ4v) is 6.89. The molecule has 5 aliphatic rings. The Bertz CT molecular complexity index is 680. The fourth-order valence-electron chi connectivity index (χ4n) is 6.89. The van der Waals surface area contributed by atoms with Crippen LogP contribution in [0.4, 0.5) is 0 Å². The lowest BCUT2D eigenvalue weighted by molar-refractivity contribution is -0.132. The number of hydrogen-bond donors (Lipinski definition) is 1. The van der Waals surface area contributed by atoms with E-state index in [0.29, 0.717) is 17.1 Å². The third-order valence-electron chi connectivity index (χ3n) is 8.75. The van der Waals surface area contributed by atoms with Crippen LogP contribution in [0.25, 0.3) is 0 Å². The van der Waals surface area contributed by atoms with Crippen LogP contribution >= 0.6 is 0 Å². The third-order valence-corrected chi connectivity index (χ3v) is 8.75. The summed E-state index contributed by atoms with van der Waals surface area (Å²) in [6, 6.07) is 0. The Labute approximate surface area is 156 Å². The lowest BCUT2D eigenvalue weighted by atomic mass is 9.47. The number of oxime groups is 1. The van der Waals surface area contributed by atoms with E-state index in [9.17, 15) is 4.79 Å². The number of Topliss-reactive ketones (excluding diaryl/α,β-unsaturated/α-hetero) is 1. The first-order chi connectivity index (χ1) is 12.5. The van der Waals surface area contributed by atoms with Crippen molar-refractivity contribution in [3.63, 3.8) is 0 Å². The minimum atomic E-state index is -0.00925. The van der Waals surface area contributed by atoms with Gasteiger partial charge in [-0.15, -0.1) is 0 Å². The molecule has 142 valence electrons. The number of fused-ring (bicyclic) bond motifs is 5. The van der Waals surface area contributed by atoms with E-state index in [0.717, 1.165) is 56.3 Å². The number of carbonyl (C=O) groups is 1. The standard InChI is InChI=1S/C22H32N2O2/c1-21-9-7-15(24-26-16-12-23-13-16)11-14(21)3-4-17-18-5-6-20(25)22(18,2)10-8-19(17)21/h11,16-19,23H,3-10,12-13H2,1-2H3/b24-15-/t17?,18?,19?,21-,22+/m1/s1. The van der Waals surface area contributed by atoms with Crippen LogP contribution in [-0.2, 0) is 9.63 Å². The second-order valence-corrected chi connectivity index (χ2v) is 9.89. The quantitative estimate of drug-likeness (QED) is 0.764. The molecule has 1 saturated heterocycles. The molecule has 0 spiro atoms. The predicted octanol–water partition coefficient (Wildman–Crippen LogP) is 3.86. The van der Waals surface area contributed by atoms with Crippen molar-refractivity contribution in [1.82, 2.24) is 5.32 Å². The number of ketones is 1. The van der Waals surface area contributed by atoms with Gasteiger partial charge in [-0.25, -0.2) is 0 Å². The number of hydrogen-bond acceptors (Lipinski definition) is 4. The molecule has 0 radical (unpaired) electrons. The van der Waals surface area contributed by atoms with Gasteiger partial charge in [0.1, 0.15) is 5.78 Å². The van der Waals surface area contributed by atoms with E-state index >= 15 is 0 Å². The second-order valence-electron chi connectivity index (χ2n) is 9.89. The Morgan fingerprint density at radius 2 is 1.85 bits per heavy atom. The highest BCUT2D eigenvalue weighted by Gasteiger charge is 2.58. The molecule has 0 aromatic carbocycles. The second kappa shape index (κ2) is 5.92. The molecule has 3 unspecified atom stereocenters. The molecular formula is C22H32N2O2. The van der Waals surface area contributed by atoms with Crippen LogP contribution in [0.15, 0.2) is 16.8 Å². The van der Waals surface area contributed by atoms with Gasteiger partial charge in [0.25, 0.3) is 0 Å². The van der Waals surface area contributed by atoms with Gasteiger partial charge in [0.15, 0.2) is 6.10 Å². The first-order valence-corrected chi connectivity index (χ1v) is 10.7. The van der Waals surface area contributed by atoms with E-state index in [-0.39, 0.29) is 11.5 Å². The SMILES string of the molecule is C[C@]12CCC3C(CCC4=C/C(=N\OC5CNC5)CC[C@]43C)C1CCC2=O. The summed E-state index contributed by atoms with van der Waals surface area (Å²) in [7, 11) is 0. The maximum absolute atomic E-state index is 12.5. The Kier molecular flexibility index (Phi) is 3.86. The zero-order valence-electron chi connectivity index (χ0n) is 16.2. The van der Waals surface area contributed by atoms with Gasteiger partial charge in [0.05, 0.1) is 5.71 Å². The molecule has 4 nitrogen and oxygen atoms in total. The number of nitrogens with one attached hydrogen (secondary N) is 1. The molecule has 4 heteroatoms. The molecule has 3 saturated carbocycles. The van der Waals surface area contributed by atoms with Crippen LogP contribution < -0.4 is 5.32 Å². The van der Waals surface area contributed by atoms with Crippen molar-refractivity contribution >= 4 is 11.5 Å². The van der Waals surface area contributed by atoms with Gasteiger partial charge in [0, 0.05) is 24.9 Å². The monoisotopic (exact) mass is 356 g/mol. The lowest BCUT2D eigenvalue weighted by Crippen LogP contribution is -2.50. The highest BCUT2D eigenvalue weighted by atomic mass is 16.6. The maximum atomic E-state index is 12.5. The molecule has 1 N–H and O–H groups in total. The minimum Gasteiger partial charge on any atom is -0.390 e. The van der Waals surface area contributed by atoms with E-state index in [1.54, 1.807) is 5.57 Å². The first kappa shape index (κ1) is 17.0. The number of allylic oxidation sites excluding steroid dienone is 2. The Morgan fingerprint density at radius 3 is 2.62 bits per heavy atom. The molecular weight excluding hydrogens is 324 g/mol. The van der Waals surface area contributed by atoms with Crippen molar-refractivity contribution < 1.29 is 9.63 Å². The molecule has 4 fully saturated rings. The topological polar surface area (TPSA) is 50.7 Å². The summed E-state index contributed by atoms with van der Waals surface area (Å²) in [5.41, 5.74) is 3.05. The van der Waals surface area contributed by atoms with Crippen LogP contribution in [0, 0.1) is 28.6 Å². The molecule has 1 aliphatic heterocycles. The van der Waals surface area contributed by atoms with Crippen molar-refractivity contribution in [2.75, 3.05) is 13.1 Å². The van der Waals surface area contributed by atoms with E-state index in [4.69, 9.17) is 4.84 Å². The van der Waals surface area contributed by atoms with Crippen molar-refractivity contribution in [3.05, 3.63) is 11.6 Å². The summed E-state index contributed by atoms with van der Waals surface area (Å²) < 4.78 is 0. The first-order valence-electron chi connectivity index (χ1n) is 10.7. The van der Waals surface area contributed by atoms with Gasteiger partial charge in [-0.3, -0.25) is 4.79 Å².